The molecule has 0 saturated heterocycles. The zero-order valence-corrected chi connectivity index (χ0v) is 8.66. The average Bonchev–Trinajstić information content (AvgIpc) is 2.30. The van der Waals surface area contributed by atoms with Crippen LogP contribution in [0.3, 0.4) is 0 Å². The monoisotopic (exact) mass is 224 g/mol. The maximum Gasteiger partial charge on any atom is 0.270 e. The molecule has 6 heteroatoms. The number of aliphatic hydroxyl groups excluding tert-OH is 1. The molecule has 0 aliphatic rings. The van der Waals surface area contributed by atoms with Gasteiger partial charge in [0.15, 0.2) is 0 Å². The van der Waals surface area contributed by atoms with E-state index in [9.17, 15) is 14.9 Å². The zero-order valence-electron chi connectivity index (χ0n) is 8.66. The fourth-order valence-corrected chi connectivity index (χ4v) is 0.963. The van der Waals surface area contributed by atoms with Crippen molar-refractivity contribution >= 4 is 23.7 Å². The fraction of sp³-hybridized carbons (Fsp3) is 0.100. The summed E-state index contributed by atoms with van der Waals surface area (Å²) in [6.07, 6.45) is 3.24. The molecule has 0 aromatic heterocycles. The first-order valence-corrected chi connectivity index (χ1v) is 4.25. The van der Waals surface area contributed by atoms with Crippen LogP contribution in [0, 0.1) is 10.1 Å². The average molecular weight is 224 g/mol. The third-order valence-corrected chi connectivity index (χ3v) is 1.64. The number of nitrogens with zero attached hydrogens (tertiary/aromatic N) is 1. The number of allylic oxidation sites excluding steroid dienone is 1. The Kier molecular flexibility index (Phi) is 6.15. The number of non-ortho nitro benzene ring substituents is 1. The van der Waals surface area contributed by atoms with Gasteiger partial charge in [-0.15, -0.1) is 0 Å². The minimum Gasteiger partial charge on any atom is -0.400 e. The largest absolute Gasteiger partial charge is 0.400 e. The van der Waals surface area contributed by atoms with Gasteiger partial charge in [0.05, 0.1) is 4.92 Å². The third kappa shape index (κ3) is 3.89. The highest BCUT2D eigenvalue weighted by Gasteiger charge is 2.06. The molecule has 1 aromatic carbocycles. The second-order valence-corrected chi connectivity index (χ2v) is 2.57. The summed E-state index contributed by atoms with van der Waals surface area (Å²) >= 11 is 0. The van der Waals surface area contributed by atoms with Gasteiger partial charge >= 0.3 is 0 Å². The van der Waals surface area contributed by atoms with Crippen LogP contribution < -0.4 is 5.73 Å². The maximum atomic E-state index is 10.4. The van der Waals surface area contributed by atoms with Gasteiger partial charge in [-0.25, -0.2) is 0 Å². The topological polar surface area (TPSA) is 106 Å². The van der Waals surface area contributed by atoms with Crippen molar-refractivity contribution in [3.63, 3.8) is 0 Å². The lowest BCUT2D eigenvalue weighted by Crippen LogP contribution is -1.93. The number of nitro groups is 1. The minimum absolute atomic E-state index is 0.0512. The Bertz CT molecular complexity index is 402. The Labute approximate surface area is 92.2 Å². The summed E-state index contributed by atoms with van der Waals surface area (Å²) in [7, 11) is 1.00. The van der Waals surface area contributed by atoms with Gasteiger partial charge in [0.2, 0.25) is 0 Å². The molecule has 0 unspecified atom stereocenters. The predicted molar refractivity (Wildman–Crippen MR) is 60.7 cm³/mol. The molecule has 0 atom stereocenters. The van der Waals surface area contributed by atoms with Crippen LogP contribution in [-0.4, -0.2) is 23.4 Å². The van der Waals surface area contributed by atoms with Crippen molar-refractivity contribution < 1.29 is 14.8 Å². The molecule has 0 bridgehead atoms. The lowest BCUT2D eigenvalue weighted by atomic mass is 10.1. The standard InChI is InChI=1S/C9H8N2O3.CH4O/c10-9-4-3-8(11(13)14)6-7(9)2-1-5-12;1-2/h1-6H,10H2;2H,1H3/b2-1+;. The van der Waals surface area contributed by atoms with Crippen LogP contribution in [-0.2, 0) is 4.79 Å². The molecule has 0 amide bonds. The van der Waals surface area contributed by atoms with Gasteiger partial charge in [-0.05, 0) is 18.2 Å². The Balaban J connectivity index is 0.00000106. The molecule has 0 aliphatic carbocycles. The summed E-state index contributed by atoms with van der Waals surface area (Å²) in [5, 5.41) is 17.4. The lowest BCUT2D eigenvalue weighted by Gasteiger charge is -1.98. The molecule has 0 radical (unpaired) electrons. The molecule has 86 valence electrons. The number of hydrogen-bond donors (Lipinski definition) is 2. The third-order valence-electron chi connectivity index (χ3n) is 1.64. The van der Waals surface area contributed by atoms with E-state index in [0.717, 1.165) is 7.11 Å². The number of hydrogen-bond acceptors (Lipinski definition) is 5. The number of nitro benzene ring substituents is 1. The highest BCUT2D eigenvalue weighted by atomic mass is 16.6. The molecule has 1 rings (SSSR count). The minimum atomic E-state index is -0.516. The molecule has 0 fully saturated rings. The number of carbonyl (C=O) groups is 1. The quantitative estimate of drug-likeness (QED) is 0.262. The molecule has 1 aromatic rings. The van der Waals surface area contributed by atoms with Gasteiger partial charge in [0.25, 0.3) is 5.69 Å². The van der Waals surface area contributed by atoms with E-state index in [0.29, 0.717) is 17.5 Å². The first kappa shape index (κ1) is 13.8. The SMILES string of the molecule is CO.Nc1ccc([N+](=O)[O-])cc1/C=C/C=O. The van der Waals surface area contributed by atoms with E-state index in [-0.39, 0.29) is 5.69 Å². The Morgan fingerprint density at radius 2 is 2.06 bits per heavy atom. The van der Waals surface area contributed by atoms with Crippen LogP contribution in [0.1, 0.15) is 5.56 Å². The van der Waals surface area contributed by atoms with E-state index in [1.165, 1.54) is 30.4 Å². The molecule has 6 nitrogen and oxygen atoms in total. The van der Waals surface area contributed by atoms with Crippen LogP contribution in [0.2, 0.25) is 0 Å². The summed E-state index contributed by atoms with van der Waals surface area (Å²) in [5.74, 6) is 0. The van der Waals surface area contributed by atoms with Crippen molar-refractivity contribution in [3.05, 3.63) is 40.0 Å². The summed E-state index contributed by atoms with van der Waals surface area (Å²) in [4.78, 5) is 19.9. The van der Waals surface area contributed by atoms with Crippen LogP contribution in [0.4, 0.5) is 11.4 Å². The first-order chi connectivity index (χ1) is 7.65. The molecule has 0 heterocycles. The number of aldehydes is 1. The van der Waals surface area contributed by atoms with Crippen molar-refractivity contribution in [2.24, 2.45) is 0 Å². The number of rotatable bonds is 3. The molecule has 0 saturated carbocycles. The Morgan fingerprint density at radius 1 is 1.44 bits per heavy atom. The number of benzene rings is 1. The van der Waals surface area contributed by atoms with Gasteiger partial charge in [-0.3, -0.25) is 14.9 Å². The van der Waals surface area contributed by atoms with Crippen molar-refractivity contribution in [3.8, 4) is 0 Å². The van der Waals surface area contributed by atoms with Crippen LogP contribution in [0.15, 0.2) is 24.3 Å². The molecular formula is C10H12N2O4. The van der Waals surface area contributed by atoms with Crippen LogP contribution >= 0.6 is 0 Å². The normalized spacial score (nSPS) is 9.38. The number of anilines is 1. The summed E-state index contributed by atoms with van der Waals surface area (Å²) in [5.41, 5.74) is 6.35. The molecule has 0 spiro atoms. The van der Waals surface area contributed by atoms with Gasteiger partial charge in [-0.1, -0.05) is 0 Å². The lowest BCUT2D eigenvalue weighted by molar-refractivity contribution is -0.384. The molecular weight excluding hydrogens is 212 g/mol. The smallest absolute Gasteiger partial charge is 0.270 e. The van der Waals surface area contributed by atoms with Crippen molar-refractivity contribution in [1.82, 2.24) is 0 Å². The molecule has 0 aliphatic heterocycles. The molecule has 3 N–H and O–H groups in total. The number of aliphatic hydroxyl groups is 1. The fourth-order valence-electron chi connectivity index (χ4n) is 0.963. The van der Waals surface area contributed by atoms with Gasteiger partial charge in [-0.2, -0.15) is 0 Å². The second-order valence-electron chi connectivity index (χ2n) is 2.57. The molecule has 16 heavy (non-hydrogen) atoms. The van der Waals surface area contributed by atoms with E-state index in [2.05, 4.69) is 0 Å². The Morgan fingerprint density at radius 3 is 2.56 bits per heavy atom. The van der Waals surface area contributed by atoms with Gasteiger partial charge in [0.1, 0.15) is 6.29 Å². The zero-order chi connectivity index (χ0) is 12.6. The van der Waals surface area contributed by atoms with E-state index in [4.69, 9.17) is 10.8 Å². The maximum absolute atomic E-state index is 10.4. The van der Waals surface area contributed by atoms with Gasteiger partial charge < -0.3 is 10.8 Å². The number of nitrogens with two attached hydrogens (primary N) is 1. The van der Waals surface area contributed by atoms with Crippen LogP contribution in [0.25, 0.3) is 6.08 Å². The summed E-state index contributed by atoms with van der Waals surface area (Å²) < 4.78 is 0. The number of carbonyl (C=O) groups excluding carboxylic acids is 1. The highest BCUT2D eigenvalue weighted by Crippen LogP contribution is 2.20. The predicted octanol–water partition coefficient (Wildman–Crippen LogP) is 0.998. The summed E-state index contributed by atoms with van der Waals surface area (Å²) in [6, 6.07) is 4.06. The van der Waals surface area contributed by atoms with Crippen molar-refractivity contribution in [2.45, 2.75) is 0 Å². The first-order valence-electron chi connectivity index (χ1n) is 4.25. The van der Waals surface area contributed by atoms with Crippen molar-refractivity contribution in [2.75, 3.05) is 12.8 Å². The van der Waals surface area contributed by atoms with Gasteiger partial charge in [0, 0.05) is 30.5 Å². The second kappa shape index (κ2) is 7.13. The highest BCUT2D eigenvalue weighted by molar-refractivity contribution is 5.78. The summed E-state index contributed by atoms with van der Waals surface area (Å²) in [6.45, 7) is 0. The van der Waals surface area contributed by atoms with Crippen LogP contribution in [0.5, 0.6) is 0 Å². The van der Waals surface area contributed by atoms with E-state index < -0.39 is 4.92 Å². The van der Waals surface area contributed by atoms with Crippen molar-refractivity contribution in [1.29, 1.82) is 0 Å². The number of nitrogen functional groups attached to an aromatic ring is 1. The van der Waals surface area contributed by atoms with E-state index in [1.54, 1.807) is 0 Å². The van der Waals surface area contributed by atoms with E-state index >= 15 is 0 Å². The van der Waals surface area contributed by atoms with E-state index in [1.807, 2.05) is 0 Å². The Hall–Kier alpha value is -2.21.